The number of aliphatic hydroxyl groups excluding tert-OH is 1. The standard InChI is InChI=1S/C11H17NO4S2/c1-7-6-17-10(5-13)11(7)18(14,15)12-9-3-4-16-8(9)2/h6,8-9,12-13H,3-5H2,1-2H3. The Morgan fingerprint density at radius 1 is 1.61 bits per heavy atom. The summed E-state index contributed by atoms with van der Waals surface area (Å²) in [6.45, 7) is 3.90. The van der Waals surface area contributed by atoms with Gasteiger partial charge in [-0.25, -0.2) is 13.1 Å². The Kier molecular flexibility index (Phi) is 4.08. The molecule has 2 unspecified atom stereocenters. The monoisotopic (exact) mass is 291 g/mol. The van der Waals surface area contributed by atoms with Crippen LogP contribution in [0.4, 0.5) is 0 Å². The first-order valence-corrected chi connectivity index (χ1v) is 8.13. The molecule has 102 valence electrons. The fraction of sp³-hybridized carbons (Fsp3) is 0.636. The highest BCUT2D eigenvalue weighted by Gasteiger charge is 2.31. The SMILES string of the molecule is Cc1csc(CO)c1S(=O)(=O)NC1CCOC1C. The number of rotatable bonds is 4. The van der Waals surface area contributed by atoms with Gasteiger partial charge in [0.15, 0.2) is 0 Å². The molecule has 0 amide bonds. The normalized spacial score (nSPS) is 24.6. The molecule has 2 rings (SSSR count). The summed E-state index contributed by atoms with van der Waals surface area (Å²) in [5.74, 6) is 0. The lowest BCUT2D eigenvalue weighted by Gasteiger charge is -2.16. The molecule has 0 radical (unpaired) electrons. The Labute approximate surface area is 111 Å². The van der Waals surface area contributed by atoms with Crippen molar-refractivity contribution in [3.63, 3.8) is 0 Å². The summed E-state index contributed by atoms with van der Waals surface area (Å²) in [6, 6.07) is -0.194. The van der Waals surface area contributed by atoms with Gasteiger partial charge in [0.25, 0.3) is 0 Å². The van der Waals surface area contributed by atoms with Crippen molar-refractivity contribution < 1.29 is 18.3 Å². The maximum absolute atomic E-state index is 12.3. The molecule has 5 nitrogen and oxygen atoms in total. The molecule has 2 heterocycles. The summed E-state index contributed by atoms with van der Waals surface area (Å²) in [6.07, 6.45) is 0.564. The number of thiophene rings is 1. The highest BCUT2D eigenvalue weighted by atomic mass is 32.2. The third kappa shape index (κ3) is 2.60. The van der Waals surface area contributed by atoms with Gasteiger partial charge in [-0.2, -0.15) is 0 Å². The Balaban J connectivity index is 2.27. The van der Waals surface area contributed by atoms with Crippen LogP contribution in [0.15, 0.2) is 10.3 Å². The van der Waals surface area contributed by atoms with Gasteiger partial charge in [0.1, 0.15) is 4.90 Å². The van der Waals surface area contributed by atoms with E-state index in [0.29, 0.717) is 23.5 Å². The summed E-state index contributed by atoms with van der Waals surface area (Å²) in [7, 11) is -3.59. The molecule has 1 aliphatic heterocycles. The predicted octanol–water partition coefficient (Wildman–Crippen LogP) is 1.00. The van der Waals surface area contributed by atoms with Gasteiger partial charge in [0.2, 0.25) is 10.0 Å². The van der Waals surface area contributed by atoms with Crippen LogP contribution < -0.4 is 4.72 Å². The van der Waals surface area contributed by atoms with Crippen molar-refractivity contribution in [3.8, 4) is 0 Å². The summed E-state index contributed by atoms with van der Waals surface area (Å²) in [4.78, 5) is 0.695. The van der Waals surface area contributed by atoms with Crippen LogP contribution in [0.1, 0.15) is 23.8 Å². The van der Waals surface area contributed by atoms with E-state index in [1.54, 1.807) is 12.3 Å². The Bertz CT molecular complexity index is 523. The van der Waals surface area contributed by atoms with Crippen LogP contribution >= 0.6 is 11.3 Å². The second-order valence-corrected chi connectivity index (χ2v) is 7.04. The zero-order valence-electron chi connectivity index (χ0n) is 10.3. The third-order valence-electron chi connectivity index (χ3n) is 3.08. The molecule has 1 aromatic rings. The highest BCUT2D eigenvalue weighted by Crippen LogP contribution is 2.27. The summed E-state index contributed by atoms with van der Waals surface area (Å²) >= 11 is 1.26. The average molecular weight is 291 g/mol. The third-order valence-corrected chi connectivity index (χ3v) is 6.02. The minimum absolute atomic E-state index is 0.115. The van der Waals surface area contributed by atoms with Gasteiger partial charge in [-0.15, -0.1) is 11.3 Å². The lowest BCUT2D eigenvalue weighted by Crippen LogP contribution is -2.39. The molecule has 0 aromatic carbocycles. The Morgan fingerprint density at radius 3 is 2.89 bits per heavy atom. The molecule has 1 aromatic heterocycles. The number of aryl methyl sites for hydroxylation is 1. The average Bonchev–Trinajstić information content (AvgIpc) is 2.85. The van der Waals surface area contributed by atoms with Crippen LogP contribution in [0.3, 0.4) is 0 Å². The van der Waals surface area contributed by atoms with E-state index in [4.69, 9.17) is 4.74 Å². The maximum Gasteiger partial charge on any atom is 0.242 e. The van der Waals surface area contributed by atoms with Crippen LogP contribution in [0, 0.1) is 6.92 Å². The number of aliphatic hydroxyl groups is 1. The number of nitrogens with one attached hydrogen (secondary N) is 1. The lowest BCUT2D eigenvalue weighted by molar-refractivity contribution is 0.117. The second-order valence-electron chi connectivity index (χ2n) is 4.42. The van der Waals surface area contributed by atoms with Crippen molar-refractivity contribution in [1.82, 2.24) is 4.72 Å². The number of hydrogen-bond donors (Lipinski definition) is 2. The Hall–Kier alpha value is -0.470. The maximum atomic E-state index is 12.3. The van der Waals surface area contributed by atoms with Crippen LogP contribution in [-0.4, -0.2) is 32.3 Å². The molecular formula is C11H17NO4S2. The topological polar surface area (TPSA) is 75.6 Å². The van der Waals surface area contributed by atoms with Gasteiger partial charge in [0, 0.05) is 6.61 Å². The molecule has 7 heteroatoms. The number of ether oxygens (including phenoxy) is 1. The molecule has 1 aliphatic rings. The van der Waals surface area contributed by atoms with Crippen LogP contribution in [0.2, 0.25) is 0 Å². The first-order valence-electron chi connectivity index (χ1n) is 5.77. The largest absolute Gasteiger partial charge is 0.391 e. The van der Waals surface area contributed by atoms with Gasteiger partial charge in [-0.3, -0.25) is 0 Å². The van der Waals surface area contributed by atoms with Crippen LogP contribution in [0.5, 0.6) is 0 Å². The van der Waals surface area contributed by atoms with Gasteiger partial charge < -0.3 is 9.84 Å². The van der Waals surface area contributed by atoms with E-state index in [1.165, 1.54) is 11.3 Å². The van der Waals surface area contributed by atoms with E-state index in [-0.39, 0.29) is 23.6 Å². The van der Waals surface area contributed by atoms with Crippen LogP contribution in [0.25, 0.3) is 0 Å². The summed E-state index contributed by atoms with van der Waals surface area (Å²) in [5, 5.41) is 10.9. The molecule has 1 fully saturated rings. The lowest BCUT2D eigenvalue weighted by atomic mass is 10.2. The molecule has 2 atom stereocenters. The summed E-state index contributed by atoms with van der Waals surface area (Å²) < 4.78 is 32.7. The first-order chi connectivity index (χ1) is 8.45. The molecule has 0 aliphatic carbocycles. The smallest absolute Gasteiger partial charge is 0.242 e. The molecule has 0 bridgehead atoms. The zero-order valence-corrected chi connectivity index (χ0v) is 12.0. The fourth-order valence-corrected chi connectivity index (χ4v) is 5.10. The van der Waals surface area contributed by atoms with Gasteiger partial charge >= 0.3 is 0 Å². The van der Waals surface area contributed by atoms with E-state index in [9.17, 15) is 13.5 Å². The number of hydrogen-bond acceptors (Lipinski definition) is 5. The Morgan fingerprint density at radius 2 is 2.33 bits per heavy atom. The van der Waals surface area contributed by atoms with Crippen LogP contribution in [-0.2, 0) is 21.4 Å². The number of sulfonamides is 1. The highest BCUT2D eigenvalue weighted by molar-refractivity contribution is 7.89. The molecule has 2 N–H and O–H groups in total. The quantitative estimate of drug-likeness (QED) is 0.868. The first kappa shape index (κ1) is 14.0. The molecule has 0 saturated carbocycles. The second kappa shape index (κ2) is 5.26. The molecule has 1 saturated heterocycles. The molecule has 18 heavy (non-hydrogen) atoms. The van der Waals surface area contributed by atoms with Gasteiger partial charge in [-0.1, -0.05) is 0 Å². The van der Waals surface area contributed by atoms with Crippen molar-refractivity contribution >= 4 is 21.4 Å². The van der Waals surface area contributed by atoms with Gasteiger partial charge in [-0.05, 0) is 31.2 Å². The minimum atomic E-state index is -3.59. The zero-order chi connectivity index (χ0) is 13.3. The van der Waals surface area contributed by atoms with Crippen molar-refractivity contribution in [1.29, 1.82) is 0 Å². The predicted molar refractivity (Wildman–Crippen MR) is 69.1 cm³/mol. The van der Waals surface area contributed by atoms with Crippen molar-refractivity contribution in [2.45, 2.75) is 43.9 Å². The van der Waals surface area contributed by atoms with Crippen molar-refractivity contribution in [2.24, 2.45) is 0 Å². The van der Waals surface area contributed by atoms with E-state index in [1.807, 2.05) is 6.92 Å². The van der Waals surface area contributed by atoms with Gasteiger partial charge in [0.05, 0.1) is 23.6 Å². The van der Waals surface area contributed by atoms with E-state index < -0.39 is 10.0 Å². The molecule has 0 spiro atoms. The van der Waals surface area contributed by atoms with Crippen molar-refractivity contribution in [3.05, 3.63) is 15.8 Å². The van der Waals surface area contributed by atoms with E-state index >= 15 is 0 Å². The summed E-state index contributed by atoms with van der Waals surface area (Å²) in [5.41, 5.74) is 0.670. The van der Waals surface area contributed by atoms with E-state index in [2.05, 4.69) is 4.72 Å². The van der Waals surface area contributed by atoms with E-state index in [0.717, 1.165) is 0 Å². The van der Waals surface area contributed by atoms with Crippen molar-refractivity contribution in [2.75, 3.05) is 6.61 Å². The molecular weight excluding hydrogens is 274 g/mol. The minimum Gasteiger partial charge on any atom is -0.391 e. The fourth-order valence-electron chi connectivity index (χ4n) is 2.10.